The molecule has 0 heterocycles. The van der Waals surface area contributed by atoms with Gasteiger partial charge in [0, 0.05) is 15.4 Å². The van der Waals surface area contributed by atoms with Gasteiger partial charge in [0.1, 0.15) is 18.2 Å². The minimum Gasteiger partial charge on any atom is -0.489 e. The minimum atomic E-state index is -0.243. The van der Waals surface area contributed by atoms with Crippen LogP contribution in [0.5, 0.6) is 5.75 Å². The SMILES string of the molecule is Fc1cccc(COc2ccc(Br)cc2CBr)c1. The number of hydrogen-bond donors (Lipinski definition) is 0. The number of hydrogen-bond acceptors (Lipinski definition) is 1. The molecule has 2 rings (SSSR count). The van der Waals surface area contributed by atoms with Gasteiger partial charge in [0.05, 0.1) is 0 Å². The van der Waals surface area contributed by atoms with E-state index in [0.717, 1.165) is 21.3 Å². The highest BCUT2D eigenvalue weighted by Gasteiger charge is 2.04. The summed E-state index contributed by atoms with van der Waals surface area (Å²) in [6.07, 6.45) is 0. The van der Waals surface area contributed by atoms with Crippen molar-refractivity contribution in [2.45, 2.75) is 11.9 Å². The summed E-state index contributed by atoms with van der Waals surface area (Å²) >= 11 is 6.84. The molecule has 1 nitrogen and oxygen atoms in total. The lowest BCUT2D eigenvalue weighted by Gasteiger charge is -2.10. The Morgan fingerprint density at radius 2 is 1.94 bits per heavy atom. The molecule has 94 valence electrons. The number of alkyl halides is 1. The molecule has 18 heavy (non-hydrogen) atoms. The Morgan fingerprint density at radius 1 is 1.11 bits per heavy atom. The third kappa shape index (κ3) is 3.56. The van der Waals surface area contributed by atoms with Gasteiger partial charge >= 0.3 is 0 Å². The van der Waals surface area contributed by atoms with Crippen LogP contribution in [-0.2, 0) is 11.9 Å². The summed E-state index contributed by atoms with van der Waals surface area (Å²) in [5.74, 6) is 0.562. The molecule has 0 aliphatic heterocycles. The fourth-order valence-corrected chi connectivity index (χ4v) is 2.43. The lowest BCUT2D eigenvalue weighted by atomic mass is 10.2. The van der Waals surface area contributed by atoms with Gasteiger partial charge in [0.25, 0.3) is 0 Å². The Kier molecular flexibility index (Phi) is 4.78. The van der Waals surface area contributed by atoms with Crippen molar-refractivity contribution in [3.8, 4) is 5.75 Å². The first-order valence-electron chi connectivity index (χ1n) is 5.40. The molecule has 4 heteroatoms. The van der Waals surface area contributed by atoms with Gasteiger partial charge in [0.15, 0.2) is 0 Å². The molecule has 0 atom stereocenters. The first-order valence-corrected chi connectivity index (χ1v) is 7.32. The summed E-state index contributed by atoms with van der Waals surface area (Å²) in [5, 5.41) is 0.713. The zero-order valence-corrected chi connectivity index (χ0v) is 12.7. The second-order valence-electron chi connectivity index (χ2n) is 3.80. The molecule has 0 radical (unpaired) electrons. The maximum absolute atomic E-state index is 13.0. The average molecular weight is 374 g/mol. The van der Waals surface area contributed by atoms with E-state index in [0.29, 0.717) is 11.9 Å². The van der Waals surface area contributed by atoms with Crippen LogP contribution >= 0.6 is 31.9 Å². The lowest BCUT2D eigenvalue weighted by molar-refractivity contribution is 0.303. The van der Waals surface area contributed by atoms with E-state index in [-0.39, 0.29) is 5.82 Å². The third-order valence-electron chi connectivity index (χ3n) is 2.45. The number of benzene rings is 2. The zero-order valence-electron chi connectivity index (χ0n) is 9.50. The van der Waals surface area contributed by atoms with Crippen LogP contribution in [0.1, 0.15) is 11.1 Å². The van der Waals surface area contributed by atoms with Gasteiger partial charge in [-0.25, -0.2) is 4.39 Å². The molecule has 0 fully saturated rings. The molecule has 0 amide bonds. The summed E-state index contributed by atoms with van der Waals surface area (Å²) in [6, 6.07) is 12.2. The van der Waals surface area contributed by atoms with Crippen LogP contribution in [0.2, 0.25) is 0 Å². The number of ether oxygens (including phenoxy) is 1. The van der Waals surface area contributed by atoms with Gasteiger partial charge < -0.3 is 4.74 Å². The summed E-state index contributed by atoms with van der Waals surface area (Å²) in [7, 11) is 0. The van der Waals surface area contributed by atoms with Gasteiger partial charge in [-0.1, -0.05) is 44.0 Å². The normalized spacial score (nSPS) is 10.4. The van der Waals surface area contributed by atoms with E-state index in [2.05, 4.69) is 31.9 Å². The van der Waals surface area contributed by atoms with Crippen LogP contribution in [0.15, 0.2) is 46.9 Å². The molecule has 0 bridgehead atoms. The van der Waals surface area contributed by atoms with Crippen molar-refractivity contribution in [1.29, 1.82) is 0 Å². The van der Waals surface area contributed by atoms with Crippen LogP contribution in [0.4, 0.5) is 4.39 Å². The molecular weight excluding hydrogens is 363 g/mol. The minimum absolute atomic E-state index is 0.243. The monoisotopic (exact) mass is 372 g/mol. The van der Waals surface area contributed by atoms with E-state index < -0.39 is 0 Å². The molecule has 0 spiro atoms. The van der Waals surface area contributed by atoms with E-state index in [1.165, 1.54) is 12.1 Å². The lowest BCUT2D eigenvalue weighted by Crippen LogP contribution is -1.98. The topological polar surface area (TPSA) is 9.23 Å². The highest BCUT2D eigenvalue weighted by molar-refractivity contribution is 9.10. The Bertz CT molecular complexity index is 543. The fourth-order valence-electron chi connectivity index (χ4n) is 1.58. The van der Waals surface area contributed by atoms with Crippen LogP contribution in [0, 0.1) is 5.82 Å². The van der Waals surface area contributed by atoms with Crippen molar-refractivity contribution >= 4 is 31.9 Å². The quantitative estimate of drug-likeness (QED) is 0.680. The van der Waals surface area contributed by atoms with E-state index >= 15 is 0 Å². The van der Waals surface area contributed by atoms with Crippen LogP contribution in [0.3, 0.4) is 0 Å². The largest absolute Gasteiger partial charge is 0.489 e. The highest BCUT2D eigenvalue weighted by atomic mass is 79.9. The first-order chi connectivity index (χ1) is 8.69. The van der Waals surface area contributed by atoms with Crippen molar-refractivity contribution in [2.24, 2.45) is 0 Å². The van der Waals surface area contributed by atoms with Gasteiger partial charge in [-0.05, 0) is 35.9 Å². The van der Waals surface area contributed by atoms with Gasteiger partial charge in [-0.3, -0.25) is 0 Å². The molecule has 0 unspecified atom stereocenters. The fraction of sp³-hybridized carbons (Fsp3) is 0.143. The summed E-state index contributed by atoms with van der Waals surface area (Å²) in [4.78, 5) is 0. The standard InChI is InChI=1S/C14H11Br2FO/c15-8-11-7-12(16)4-5-14(11)18-9-10-2-1-3-13(17)6-10/h1-7H,8-9H2. The van der Waals surface area contributed by atoms with Crippen LogP contribution in [0.25, 0.3) is 0 Å². The van der Waals surface area contributed by atoms with Gasteiger partial charge in [-0.2, -0.15) is 0 Å². The number of rotatable bonds is 4. The predicted molar refractivity (Wildman–Crippen MR) is 77.5 cm³/mol. The van der Waals surface area contributed by atoms with E-state index in [1.54, 1.807) is 6.07 Å². The van der Waals surface area contributed by atoms with Crippen molar-refractivity contribution in [3.05, 3.63) is 63.9 Å². The van der Waals surface area contributed by atoms with Gasteiger partial charge in [0.2, 0.25) is 0 Å². The number of halogens is 3. The maximum Gasteiger partial charge on any atom is 0.123 e. The van der Waals surface area contributed by atoms with E-state index in [9.17, 15) is 4.39 Å². The first kappa shape index (κ1) is 13.6. The molecule has 0 N–H and O–H groups in total. The molecule has 0 aliphatic rings. The van der Waals surface area contributed by atoms with Crippen molar-refractivity contribution < 1.29 is 9.13 Å². The Morgan fingerprint density at radius 3 is 2.67 bits per heavy atom. The second kappa shape index (κ2) is 6.34. The summed E-state index contributed by atoms with van der Waals surface area (Å²) in [5.41, 5.74) is 1.87. The van der Waals surface area contributed by atoms with E-state index in [1.807, 2.05) is 24.3 Å². The molecule has 2 aromatic carbocycles. The van der Waals surface area contributed by atoms with Gasteiger partial charge in [-0.15, -0.1) is 0 Å². The predicted octanol–water partition coefficient (Wildman–Crippen LogP) is 5.06. The molecule has 2 aromatic rings. The average Bonchev–Trinajstić information content (AvgIpc) is 2.37. The zero-order chi connectivity index (χ0) is 13.0. The van der Waals surface area contributed by atoms with E-state index in [4.69, 9.17) is 4.74 Å². The van der Waals surface area contributed by atoms with Crippen molar-refractivity contribution in [2.75, 3.05) is 0 Å². The molecule has 0 aromatic heterocycles. The second-order valence-corrected chi connectivity index (χ2v) is 5.28. The summed E-state index contributed by atoms with van der Waals surface area (Å²) in [6.45, 7) is 0.361. The molecular formula is C14H11Br2FO. The van der Waals surface area contributed by atoms with Crippen LogP contribution in [-0.4, -0.2) is 0 Å². The van der Waals surface area contributed by atoms with Crippen LogP contribution < -0.4 is 4.74 Å². The molecule has 0 saturated carbocycles. The smallest absolute Gasteiger partial charge is 0.123 e. The molecule has 0 saturated heterocycles. The summed E-state index contributed by atoms with van der Waals surface area (Å²) < 4.78 is 19.7. The third-order valence-corrected chi connectivity index (χ3v) is 3.55. The highest BCUT2D eigenvalue weighted by Crippen LogP contribution is 2.26. The van der Waals surface area contributed by atoms with Crippen molar-refractivity contribution in [1.82, 2.24) is 0 Å². The van der Waals surface area contributed by atoms with Crippen molar-refractivity contribution in [3.63, 3.8) is 0 Å². The maximum atomic E-state index is 13.0. The Labute approximate surface area is 122 Å². The molecule has 0 aliphatic carbocycles. The Hall–Kier alpha value is -0.870. The Balaban J connectivity index is 2.10.